The molecule has 2 atom stereocenters. The number of carbonyl (C=O) groups is 4. The van der Waals surface area contributed by atoms with Crippen LogP contribution in [0.2, 0.25) is 0 Å². The maximum absolute atomic E-state index is 12.9. The number of hydrogen-bond acceptors (Lipinski definition) is 6. The number of pyridine rings is 1. The third kappa shape index (κ3) is 4.18. The lowest BCUT2D eigenvalue weighted by Gasteiger charge is -2.39. The van der Waals surface area contributed by atoms with Gasteiger partial charge in [-0.2, -0.15) is 0 Å². The van der Waals surface area contributed by atoms with E-state index in [1.807, 2.05) is 0 Å². The number of anilines is 2. The van der Waals surface area contributed by atoms with E-state index in [1.165, 1.54) is 11.8 Å². The van der Waals surface area contributed by atoms with Crippen LogP contribution in [-0.4, -0.2) is 51.6 Å². The number of amides is 3. The van der Waals surface area contributed by atoms with Crippen LogP contribution in [0.3, 0.4) is 0 Å². The van der Waals surface area contributed by atoms with Crippen molar-refractivity contribution in [3.05, 3.63) is 53.7 Å². The molecule has 9 heteroatoms. The van der Waals surface area contributed by atoms with Gasteiger partial charge in [-0.25, -0.2) is 4.98 Å². The Morgan fingerprint density at radius 1 is 1.16 bits per heavy atom. The van der Waals surface area contributed by atoms with Crippen molar-refractivity contribution in [2.24, 2.45) is 0 Å². The van der Waals surface area contributed by atoms with Gasteiger partial charge >= 0.3 is 0 Å². The number of nitrogens with one attached hydrogen (secondary N) is 3. The van der Waals surface area contributed by atoms with E-state index < -0.39 is 11.7 Å². The molecule has 2 unspecified atom stereocenters. The fraction of sp³-hybridized carbons (Fsp3) is 0.348. The van der Waals surface area contributed by atoms with Gasteiger partial charge in [0, 0.05) is 36.8 Å². The molecular weight excluding hydrogens is 410 g/mol. The van der Waals surface area contributed by atoms with Gasteiger partial charge in [0.15, 0.2) is 5.78 Å². The van der Waals surface area contributed by atoms with Crippen molar-refractivity contribution in [3.8, 4) is 0 Å². The van der Waals surface area contributed by atoms with Gasteiger partial charge in [0.1, 0.15) is 17.5 Å². The average Bonchev–Trinajstić information content (AvgIpc) is 2.92. The SMILES string of the molecule is CC(=O)c1cccc(NC(=O)C(C)N2CCC3(CCC2=O)NC(=O)c2cccnc2N3)c1. The molecule has 3 heterocycles. The zero-order valence-electron chi connectivity index (χ0n) is 18.0. The minimum atomic E-state index is -0.797. The predicted octanol–water partition coefficient (Wildman–Crippen LogP) is 2.18. The Labute approximate surface area is 185 Å². The number of nitrogens with zero attached hydrogens (tertiary/aromatic N) is 2. The lowest BCUT2D eigenvalue weighted by Crippen LogP contribution is -2.58. The van der Waals surface area contributed by atoms with Gasteiger partial charge in [-0.05, 0) is 44.5 Å². The quantitative estimate of drug-likeness (QED) is 0.633. The average molecular weight is 435 g/mol. The standard InChI is InChI=1S/C23H25N5O4/c1-14(21(31)25-17-6-3-5-16(13-17)15(2)29)28-12-10-23(9-8-19(28)30)26-20-18(22(32)27-23)7-4-11-24-20/h3-7,11,13-14H,8-10,12H2,1-2H3,(H,24,26)(H,25,31)(H,27,32). The highest BCUT2D eigenvalue weighted by atomic mass is 16.2. The van der Waals surface area contributed by atoms with Gasteiger partial charge in [-0.1, -0.05) is 12.1 Å². The summed E-state index contributed by atoms with van der Waals surface area (Å²) in [6.45, 7) is 3.42. The number of fused-ring (bicyclic) bond motifs is 1. The molecule has 166 valence electrons. The van der Waals surface area contributed by atoms with Gasteiger partial charge in [-0.15, -0.1) is 0 Å². The molecule has 4 rings (SSSR count). The number of benzene rings is 1. The van der Waals surface area contributed by atoms with E-state index in [1.54, 1.807) is 49.5 Å². The summed E-state index contributed by atoms with van der Waals surface area (Å²) >= 11 is 0. The number of carbonyl (C=O) groups excluding carboxylic acids is 4. The number of rotatable bonds is 4. The first kappa shape index (κ1) is 21.5. The Kier molecular flexibility index (Phi) is 5.65. The number of ketones is 1. The summed E-state index contributed by atoms with van der Waals surface area (Å²) < 4.78 is 0. The van der Waals surface area contributed by atoms with Crippen LogP contribution in [0.25, 0.3) is 0 Å². The first-order valence-electron chi connectivity index (χ1n) is 10.5. The van der Waals surface area contributed by atoms with Crippen LogP contribution >= 0.6 is 0 Å². The maximum Gasteiger partial charge on any atom is 0.256 e. The summed E-state index contributed by atoms with van der Waals surface area (Å²) in [5.41, 5.74) is 0.661. The zero-order chi connectivity index (χ0) is 22.9. The van der Waals surface area contributed by atoms with Crippen molar-refractivity contribution in [2.75, 3.05) is 17.2 Å². The van der Waals surface area contributed by atoms with Crippen molar-refractivity contribution in [1.82, 2.24) is 15.2 Å². The second-order valence-electron chi connectivity index (χ2n) is 8.20. The van der Waals surface area contributed by atoms with E-state index in [9.17, 15) is 19.2 Å². The third-order valence-corrected chi connectivity index (χ3v) is 6.01. The Morgan fingerprint density at radius 2 is 1.97 bits per heavy atom. The molecule has 1 spiro atoms. The second-order valence-corrected chi connectivity index (χ2v) is 8.20. The van der Waals surface area contributed by atoms with E-state index in [0.717, 1.165) is 0 Å². The van der Waals surface area contributed by atoms with Crippen LogP contribution in [0, 0.1) is 0 Å². The van der Waals surface area contributed by atoms with Crippen LogP contribution < -0.4 is 16.0 Å². The summed E-state index contributed by atoms with van der Waals surface area (Å²) in [6.07, 6.45) is 2.60. The lowest BCUT2D eigenvalue weighted by atomic mass is 9.97. The monoisotopic (exact) mass is 435 g/mol. The fourth-order valence-corrected chi connectivity index (χ4v) is 4.12. The van der Waals surface area contributed by atoms with Gasteiger partial charge < -0.3 is 20.9 Å². The molecule has 0 bridgehead atoms. The molecule has 1 aromatic heterocycles. The maximum atomic E-state index is 12.9. The van der Waals surface area contributed by atoms with Crippen molar-refractivity contribution in [3.63, 3.8) is 0 Å². The van der Waals surface area contributed by atoms with Gasteiger partial charge in [0.25, 0.3) is 5.91 Å². The number of likely N-dealkylation sites (tertiary alicyclic amines) is 1. The molecule has 32 heavy (non-hydrogen) atoms. The van der Waals surface area contributed by atoms with E-state index in [-0.39, 0.29) is 36.5 Å². The van der Waals surface area contributed by atoms with E-state index >= 15 is 0 Å². The predicted molar refractivity (Wildman–Crippen MR) is 118 cm³/mol. The van der Waals surface area contributed by atoms with Crippen molar-refractivity contribution in [1.29, 1.82) is 0 Å². The van der Waals surface area contributed by atoms with Crippen LogP contribution in [0.5, 0.6) is 0 Å². The summed E-state index contributed by atoms with van der Waals surface area (Å²) in [5, 5.41) is 9.07. The Balaban J connectivity index is 1.47. The smallest absolute Gasteiger partial charge is 0.256 e. The van der Waals surface area contributed by atoms with Crippen LogP contribution in [0.4, 0.5) is 11.5 Å². The molecule has 2 aromatic rings. The third-order valence-electron chi connectivity index (χ3n) is 6.01. The Bertz CT molecular complexity index is 1100. The molecule has 0 aliphatic carbocycles. The Morgan fingerprint density at radius 3 is 2.75 bits per heavy atom. The highest BCUT2D eigenvalue weighted by Gasteiger charge is 2.42. The normalized spacial score (nSPS) is 21.1. The first-order chi connectivity index (χ1) is 15.3. The molecule has 2 aliphatic rings. The summed E-state index contributed by atoms with van der Waals surface area (Å²) in [6, 6.07) is 9.35. The van der Waals surface area contributed by atoms with Gasteiger partial charge in [0.05, 0.1) is 5.56 Å². The largest absolute Gasteiger partial charge is 0.347 e. The first-order valence-corrected chi connectivity index (χ1v) is 10.5. The Hall–Kier alpha value is -3.75. The molecule has 0 radical (unpaired) electrons. The second kappa shape index (κ2) is 8.41. The molecule has 2 aliphatic heterocycles. The minimum Gasteiger partial charge on any atom is -0.347 e. The summed E-state index contributed by atoms with van der Waals surface area (Å²) in [5.74, 6) is -0.343. The minimum absolute atomic E-state index is 0.0970. The number of aromatic nitrogens is 1. The molecule has 1 saturated heterocycles. The van der Waals surface area contributed by atoms with Crippen molar-refractivity contribution < 1.29 is 19.2 Å². The zero-order valence-corrected chi connectivity index (χ0v) is 18.0. The number of Topliss-reactive ketones (excluding diaryl/α,β-unsaturated/α-hetero) is 1. The number of hydrogen-bond donors (Lipinski definition) is 3. The molecule has 3 N–H and O–H groups in total. The fourth-order valence-electron chi connectivity index (χ4n) is 4.12. The molecule has 9 nitrogen and oxygen atoms in total. The highest BCUT2D eigenvalue weighted by molar-refractivity contribution is 6.01. The molecule has 3 amide bonds. The molecule has 1 fully saturated rings. The van der Waals surface area contributed by atoms with Crippen molar-refractivity contribution in [2.45, 2.75) is 44.8 Å². The summed E-state index contributed by atoms with van der Waals surface area (Å²) in [4.78, 5) is 55.7. The van der Waals surface area contributed by atoms with E-state index in [2.05, 4.69) is 20.9 Å². The molecular formula is C23H25N5O4. The van der Waals surface area contributed by atoms with Crippen LogP contribution in [0.15, 0.2) is 42.6 Å². The molecule has 1 aromatic carbocycles. The van der Waals surface area contributed by atoms with Crippen LogP contribution in [0.1, 0.15) is 53.8 Å². The van der Waals surface area contributed by atoms with Gasteiger partial charge in [0.2, 0.25) is 11.8 Å². The van der Waals surface area contributed by atoms with E-state index in [0.29, 0.717) is 35.5 Å². The van der Waals surface area contributed by atoms with Gasteiger partial charge in [-0.3, -0.25) is 19.2 Å². The lowest BCUT2D eigenvalue weighted by molar-refractivity contribution is -0.137. The topological polar surface area (TPSA) is 121 Å². The highest BCUT2D eigenvalue weighted by Crippen LogP contribution is 2.31. The van der Waals surface area contributed by atoms with Crippen LogP contribution in [-0.2, 0) is 9.59 Å². The van der Waals surface area contributed by atoms with Crippen molar-refractivity contribution >= 4 is 35.0 Å². The molecule has 0 saturated carbocycles. The summed E-state index contributed by atoms with van der Waals surface area (Å²) in [7, 11) is 0. The van der Waals surface area contributed by atoms with E-state index in [4.69, 9.17) is 0 Å².